The molecule has 0 unspecified atom stereocenters. The zero-order valence-electron chi connectivity index (χ0n) is 7.98. The van der Waals surface area contributed by atoms with E-state index in [-0.39, 0.29) is 0 Å². The summed E-state index contributed by atoms with van der Waals surface area (Å²) in [7, 11) is 0. The quantitative estimate of drug-likeness (QED) is 0.923. The Labute approximate surface area is 95.6 Å². The second kappa shape index (κ2) is 4.55. The summed E-state index contributed by atoms with van der Waals surface area (Å²) < 4.78 is 6.08. The Bertz CT molecular complexity index is 455. The topological polar surface area (TPSA) is 64.9 Å². The normalized spacial score (nSPS) is 10.5. The monoisotopic (exact) mass is 267 g/mol. The van der Waals surface area contributed by atoms with E-state index in [1.807, 2.05) is 24.3 Å². The zero-order valence-corrected chi connectivity index (χ0v) is 9.57. The lowest BCUT2D eigenvalue weighted by Crippen LogP contribution is -1.98. The van der Waals surface area contributed by atoms with Crippen molar-refractivity contribution in [3.8, 4) is 0 Å². The highest BCUT2D eigenvalue weighted by Crippen LogP contribution is 2.14. The molecule has 4 nitrogen and oxygen atoms in total. The first-order valence-corrected chi connectivity index (χ1v) is 5.33. The fourth-order valence-electron chi connectivity index (χ4n) is 1.27. The smallest absolute Gasteiger partial charge is 0.231 e. The molecular weight excluding hydrogens is 258 g/mol. The van der Waals surface area contributed by atoms with E-state index in [4.69, 9.17) is 10.3 Å². The summed E-state index contributed by atoms with van der Waals surface area (Å²) in [4.78, 5) is 4.14. The Kier molecular flexibility index (Phi) is 3.13. The molecule has 2 N–H and O–H groups in total. The Morgan fingerprint density at radius 1 is 1.40 bits per heavy atom. The Hall–Kier alpha value is -1.20. The third-order valence-electron chi connectivity index (χ3n) is 1.94. The maximum absolute atomic E-state index is 5.39. The van der Waals surface area contributed by atoms with Crippen LogP contribution in [0.25, 0.3) is 0 Å². The van der Waals surface area contributed by atoms with E-state index in [0.29, 0.717) is 24.7 Å². The minimum absolute atomic E-state index is 0.308. The van der Waals surface area contributed by atoms with Crippen molar-refractivity contribution in [2.75, 3.05) is 0 Å². The van der Waals surface area contributed by atoms with Gasteiger partial charge < -0.3 is 10.3 Å². The Morgan fingerprint density at radius 2 is 2.27 bits per heavy atom. The van der Waals surface area contributed by atoms with Crippen LogP contribution >= 0.6 is 15.9 Å². The summed E-state index contributed by atoms with van der Waals surface area (Å²) in [6, 6.07) is 7.98. The van der Waals surface area contributed by atoms with Gasteiger partial charge in [-0.3, -0.25) is 0 Å². The molecule has 1 aromatic heterocycles. The molecule has 5 heteroatoms. The lowest BCUT2D eigenvalue weighted by atomic mass is 10.1. The minimum Gasteiger partial charge on any atom is -0.339 e. The van der Waals surface area contributed by atoms with Gasteiger partial charge in [0.2, 0.25) is 5.89 Å². The molecule has 1 aromatic carbocycles. The molecule has 0 atom stereocenters. The number of nitrogens with zero attached hydrogens (tertiary/aromatic N) is 2. The van der Waals surface area contributed by atoms with Crippen molar-refractivity contribution in [3.63, 3.8) is 0 Å². The second-order valence-corrected chi connectivity index (χ2v) is 4.03. The third kappa shape index (κ3) is 2.64. The van der Waals surface area contributed by atoms with Gasteiger partial charge in [-0.1, -0.05) is 33.2 Å². The van der Waals surface area contributed by atoms with Gasteiger partial charge in [0, 0.05) is 4.47 Å². The molecule has 78 valence electrons. The lowest BCUT2D eigenvalue weighted by Gasteiger charge is -1.96. The average molecular weight is 268 g/mol. The highest BCUT2D eigenvalue weighted by Gasteiger charge is 2.05. The Balaban J connectivity index is 2.14. The van der Waals surface area contributed by atoms with Crippen LogP contribution in [0.15, 0.2) is 33.3 Å². The van der Waals surface area contributed by atoms with Crippen molar-refractivity contribution in [3.05, 3.63) is 46.0 Å². The van der Waals surface area contributed by atoms with Gasteiger partial charge in [0.05, 0.1) is 13.0 Å². The summed E-state index contributed by atoms with van der Waals surface area (Å²) in [5.41, 5.74) is 6.51. The number of hydrogen-bond donors (Lipinski definition) is 1. The van der Waals surface area contributed by atoms with E-state index in [1.54, 1.807) is 0 Å². The number of benzene rings is 1. The van der Waals surface area contributed by atoms with E-state index < -0.39 is 0 Å². The number of rotatable bonds is 3. The largest absolute Gasteiger partial charge is 0.339 e. The van der Waals surface area contributed by atoms with Gasteiger partial charge in [0.25, 0.3) is 0 Å². The first-order chi connectivity index (χ1) is 7.28. The SMILES string of the molecule is NCc1noc(Cc2cccc(Br)c2)n1. The van der Waals surface area contributed by atoms with Crippen LogP contribution in [-0.4, -0.2) is 10.1 Å². The maximum atomic E-state index is 5.39. The number of hydrogen-bond acceptors (Lipinski definition) is 4. The van der Waals surface area contributed by atoms with Gasteiger partial charge >= 0.3 is 0 Å². The first kappa shape index (κ1) is 10.3. The molecule has 0 saturated heterocycles. The third-order valence-corrected chi connectivity index (χ3v) is 2.43. The average Bonchev–Trinajstić information content (AvgIpc) is 2.65. The van der Waals surface area contributed by atoms with Crippen LogP contribution in [0, 0.1) is 0 Å². The summed E-state index contributed by atoms with van der Waals surface area (Å²) in [6.45, 7) is 0.308. The van der Waals surface area contributed by atoms with Crippen molar-refractivity contribution in [1.29, 1.82) is 0 Å². The van der Waals surface area contributed by atoms with Crippen LogP contribution in [0.1, 0.15) is 17.3 Å². The minimum atomic E-state index is 0.308. The highest BCUT2D eigenvalue weighted by molar-refractivity contribution is 9.10. The summed E-state index contributed by atoms with van der Waals surface area (Å²) in [5, 5.41) is 3.73. The van der Waals surface area contributed by atoms with Gasteiger partial charge in [-0.25, -0.2) is 0 Å². The number of aromatic nitrogens is 2. The van der Waals surface area contributed by atoms with Crippen LogP contribution in [0.3, 0.4) is 0 Å². The van der Waals surface area contributed by atoms with Crippen molar-refractivity contribution in [1.82, 2.24) is 10.1 Å². The van der Waals surface area contributed by atoms with Gasteiger partial charge in [0.1, 0.15) is 0 Å². The van der Waals surface area contributed by atoms with Crippen molar-refractivity contribution in [2.45, 2.75) is 13.0 Å². The van der Waals surface area contributed by atoms with E-state index in [0.717, 1.165) is 10.0 Å². The van der Waals surface area contributed by atoms with Crippen LogP contribution in [0.4, 0.5) is 0 Å². The fourth-order valence-corrected chi connectivity index (χ4v) is 1.71. The second-order valence-electron chi connectivity index (χ2n) is 3.12. The predicted molar refractivity (Wildman–Crippen MR) is 59.1 cm³/mol. The first-order valence-electron chi connectivity index (χ1n) is 4.54. The molecule has 15 heavy (non-hydrogen) atoms. The molecule has 0 radical (unpaired) electrons. The van der Waals surface area contributed by atoms with E-state index >= 15 is 0 Å². The van der Waals surface area contributed by atoms with Gasteiger partial charge in [-0.15, -0.1) is 0 Å². The van der Waals surface area contributed by atoms with Crippen molar-refractivity contribution in [2.24, 2.45) is 5.73 Å². The van der Waals surface area contributed by atoms with Gasteiger partial charge in [-0.05, 0) is 17.7 Å². The maximum Gasteiger partial charge on any atom is 0.231 e. The fraction of sp³-hybridized carbons (Fsp3) is 0.200. The van der Waals surface area contributed by atoms with Crippen LogP contribution < -0.4 is 5.73 Å². The molecule has 0 aliphatic carbocycles. The van der Waals surface area contributed by atoms with Crippen LogP contribution in [0.5, 0.6) is 0 Å². The Morgan fingerprint density at radius 3 is 2.93 bits per heavy atom. The zero-order chi connectivity index (χ0) is 10.7. The molecule has 0 fully saturated rings. The van der Waals surface area contributed by atoms with E-state index in [9.17, 15) is 0 Å². The summed E-state index contributed by atoms with van der Waals surface area (Å²) in [6.07, 6.45) is 0.631. The van der Waals surface area contributed by atoms with E-state index in [1.165, 1.54) is 0 Å². The molecule has 1 heterocycles. The van der Waals surface area contributed by atoms with Crippen molar-refractivity contribution < 1.29 is 4.52 Å². The van der Waals surface area contributed by atoms with Gasteiger partial charge in [-0.2, -0.15) is 4.98 Å². The lowest BCUT2D eigenvalue weighted by molar-refractivity contribution is 0.379. The highest BCUT2D eigenvalue weighted by atomic mass is 79.9. The molecule has 2 rings (SSSR count). The predicted octanol–water partition coefficient (Wildman–Crippen LogP) is 1.88. The number of nitrogens with two attached hydrogens (primary N) is 1. The summed E-state index contributed by atoms with van der Waals surface area (Å²) >= 11 is 3.41. The molecular formula is C10H10BrN3O. The van der Waals surface area contributed by atoms with Crippen molar-refractivity contribution >= 4 is 15.9 Å². The van der Waals surface area contributed by atoms with Crippen LogP contribution in [-0.2, 0) is 13.0 Å². The molecule has 0 aliphatic rings. The molecule has 0 amide bonds. The van der Waals surface area contributed by atoms with Gasteiger partial charge in [0.15, 0.2) is 5.82 Å². The molecule has 2 aromatic rings. The summed E-state index contributed by atoms with van der Waals surface area (Å²) in [5.74, 6) is 1.13. The molecule has 0 spiro atoms. The van der Waals surface area contributed by atoms with E-state index in [2.05, 4.69) is 26.1 Å². The molecule has 0 bridgehead atoms. The standard InChI is InChI=1S/C10H10BrN3O/c11-8-3-1-2-7(4-8)5-10-13-9(6-12)14-15-10/h1-4H,5-6,12H2. The number of halogens is 1. The molecule has 0 saturated carbocycles. The molecule has 0 aliphatic heterocycles. The van der Waals surface area contributed by atoms with Crippen LogP contribution in [0.2, 0.25) is 0 Å².